The minimum Gasteiger partial charge on any atom is -0.506 e. The van der Waals surface area contributed by atoms with Crippen molar-refractivity contribution in [3.8, 4) is 5.75 Å². The van der Waals surface area contributed by atoms with E-state index in [4.69, 9.17) is 0 Å². The van der Waals surface area contributed by atoms with Gasteiger partial charge in [0.2, 0.25) is 0 Å². The molecule has 1 amide bonds. The maximum absolute atomic E-state index is 13.6. The summed E-state index contributed by atoms with van der Waals surface area (Å²) >= 11 is 0. The molecule has 1 saturated carbocycles. The van der Waals surface area contributed by atoms with Crippen LogP contribution in [0.4, 0.5) is 4.39 Å². The van der Waals surface area contributed by atoms with Crippen LogP contribution >= 0.6 is 0 Å². The average molecular weight is 318 g/mol. The fraction of sp³-hybridized carbons (Fsp3) is 0.412. The third-order valence-electron chi connectivity index (χ3n) is 4.43. The topological polar surface area (TPSA) is 82.2 Å². The first kappa shape index (κ1) is 15.5. The summed E-state index contributed by atoms with van der Waals surface area (Å²) in [6, 6.07) is 2.39. The lowest BCUT2D eigenvalue weighted by molar-refractivity contribution is 0.0923. The molecule has 6 heteroatoms. The van der Waals surface area contributed by atoms with Gasteiger partial charge in [-0.05, 0) is 37.5 Å². The number of aromatic amines is 1. The second kappa shape index (κ2) is 6.02. The molecule has 0 bridgehead atoms. The Morgan fingerprint density at radius 3 is 2.70 bits per heavy atom. The van der Waals surface area contributed by atoms with Crippen LogP contribution in [0.3, 0.4) is 0 Å². The zero-order valence-electron chi connectivity index (χ0n) is 12.9. The molecule has 1 aliphatic rings. The van der Waals surface area contributed by atoms with Gasteiger partial charge in [0.05, 0.1) is 5.52 Å². The van der Waals surface area contributed by atoms with E-state index >= 15 is 0 Å². The molecular weight excluding hydrogens is 299 g/mol. The largest absolute Gasteiger partial charge is 0.506 e. The minimum atomic E-state index is -0.669. The van der Waals surface area contributed by atoms with Crippen molar-refractivity contribution < 1.29 is 14.3 Å². The highest BCUT2D eigenvalue weighted by molar-refractivity contribution is 6.02. The zero-order chi connectivity index (χ0) is 16.6. The lowest BCUT2D eigenvalue weighted by Gasteiger charge is -2.22. The van der Waals surface area contributed by atoms with Crippen LogP contribution in [0.5, 0.6) is 5.75 Å². The van der Waals surface area contributed by atoms with Crippen molar-refractivity contribution in [2.45, 2.75) is 45.1 Å². The third kappa shape index (κ3) is 2.93. The van der Waals surface area contributed by atoms with Crippen molar-refractivity contribution in [3.63, 3.8) is 0 Å². The predicted molar refractivity (Wildman–Crippen MR) is 85.3 cm³/mol. The van der Waals surface area contributed by atoms with Gasteiger partial charge in [0.15, 0.2) is 0 Å². The van der Waals surface area contributed by atoms with Gasteiger partial charge >= 0.3 is 0 Å². The van der Waals surface area contributed by atoms with E-state index in [2.05, 4.69) is 10.3 Å². The number of nitrogens with one attached hydrogen (secondary N) is 2. The van der Waals surface area contributed by atoms with Crippen LogP contribution < -0.4 is 10.9 Å². The smallest absolute Gasteiger partial charge is 0.265 e. The molecule has 1 aromatic heterocycles. The van der Waals surface area contributed by atoms with Crippen LogP contribution in [0, 0.1) is 12.7 Å². The summed E-state index contributed by atoms with van der Waals surface area (Å²) in [5, 5.41) is 13.3. The Kier molecular flexibility index (Phi) is 4.07. The molecule has 1 heterocycles. The number of carbonyl (C=O) groups is 1. The van der Waals surface area contributed by atoms with E-state index in [0.29, 0.717) is 11.1 Å². The fourth-order valence-corrected chi connectivity index (χ4v) is 3.23. The molecule has 5 nitrogen and oxygen atoms in total. The number of rotatable bonds is 2. The Morgan fingerprint density at radius 1 is 1.30 bits per heavy atom. The van der Waals surface area contributed by atoms with E-state index < -0.39 is 23.0 Å². The van der Waals surface area contributed by atoms with Gasteiger partial charge in [-0.15, -0.1) is 0 Å². The molecule has 2 aromatic rings. The first-order valence-corrected chi connectivity index (χ1v) is 7.83. The number of aromatic hydroxyl groups is 1. The fourth-order valence-electron chi connectivity index (χ4n) is 3.23. The molecule has 1 fully saturated rings. The van der Waals surface area contributed by atoms with Crippen molar-refractivity contribution >= 4 is 16.8 Å². The summed E-state index contributed by atoms with van der Waals surface area (Å²) in [5.41, 5.74) is -0.194. The van der Waals surface area contributed by atoms with E-state index in [9.17, 15) is 19.1 Å². The second-order valence-electron chi connectivity index (χ2n) is 6.13. The molecule has 23 heavy (non-hydrogen) atoms. The number of pyridine rings is 1. The molecule has 3 rings (SSSR count). The summed E-state index contributed by atoms with van der Waals surface area (Å²) in [7, 11) is 0. The van der Waals surface area contributed by atoms with Gasteiger partial charge in [0, 0.05) is 11.4 Å². The van der Waals surface area contributed by atoms with Crippen molar-refractivity contribution in [2.75, 3.05) is 0 Å². The Bertz CT molecular complexity index is 823. The van der Waals surface area contributed by atoms with E-state index in [1.807, 2.05) is 0 Å². The van der Waals surface area contributed by atoms with E-state index in [1.54, 1.807) is 6.92 Å². The summed E-state index contributed by atoms with van der Waals surface area (Å²) in [6.07, 6.45) is 4.95. The number of fused-ring (bicyclic) bond motifs is 1. The summed E-state index contributed by atoms with van der Waals surface area (Å²) < 4.78 is 13.6. The number of hydrogen-bond acceptors (Lipinski definition) is 3. The van der Waals surface area contributed by atoms with Gasteiger partial charge < -0.3 is 15.4 Å². The van der Waals surface area contributed by atoms with Crippen LogP contribution in [-0.2, 0) is 0 Å². The van der Waals surface area contributed by atoms with Crippen molar-refractivity contribution in [2.24, 2.45) is 0 Å². The van der Waals surface area contributed by atoms with Crippen LogP contribution in [-0.4, -0.2) is 22.0 Å². The van der Waals surface area contributed by atoms with Gasteiger partial charge in [-0.25, -0.2) is 4.39 Å². The number of carbonyl (C=O) groups excluding carboxylic acids is 1. The van der Waals surface area contributed by atoms with Crippen LogP contribution in [0.25, 0.3) is 10.9 Å². The Hall–Kier alpha value is -2.37. The summed E-state index contributed by atoms with van der Waals surface area (Å²) in [5.74, 6) is -1.62. The van der Waals surface area contributed by atoms with E-state index in [1.165, 1.54) is 6.07 Å². The molecule has 0 aliphatic heterocycles. The lowest BCUT2D eigenvalue weighted by atomic mass is 9.95. The zero-order valence-corrected chi connectivity index (χ0v) is 12.9. The van der Waals surface area contributed by atoms with E-state index in [0.717, 1.165) is 38.2 Å². The van der Waals surface area contributed by atoms with Crippen LogP contribution in [0.15, 0.2) is 16.9 Å². The SMILES string of the molecule is Cc1cc(F)cc2c(O)c(C(=O)NC3CCCCC3)c(=O)[nH]c12. The minimum absolute atomic E-state index is 0.0139. The normalized spacial score (nSPS) is 15.7. The Balaban J connectivity index is 2.03. The first-order chi connectivity index (χ1) is 11.0. The molecular formula is C17H19FN2O3. The van der Waals surface area contributed by atoms with Gasteiger partial charge in [0.25, 0.3) is 11.5 Å². The Labute approximate surface area is 132 Å². The van der Waals surface area contributed by atoms with Gasteiger partial charge in [-0.2, -0.15) is 0 Å². The van der Waals surface area contributed by atoms with Gasteiger partial charge in [-0.1, -0.05) is 19.3 Å². The van der Waals surface area contributed by atoms with Crippen molar-refractivity contribution in [1.29, 1.82) is 0 Å². The molecule has 0 spiro atoms. The first-order valence-electron chi connectivity index (χ1n) is 7.83. The van der Waals surface area contributed by atoms with Crippen LogP contribution in [0.1, 0.15) is 48.0 Å². The number of benzene rings is 1. The van der Waals surface area contributed by atoms with Crippen LogP contribution in [0.2, 0.25) is 0 Å². The average Bonchev–Trinajstić information content (AvgIpc) is 2.50. The molecule has 1 aromatic carbocycles. The molecule has 1 aliphatic carbocycles. The molecule has 0 unspecified atom stereocenters. The molecule has 0 radical (unpaired) electrons. The number of aryl methyl sites for hydroxylation is 1. The number of hydrogen-bond donors (Lipinski definition) is 3. The number of H-pyrrole nitrogens is 1. The predicted octanol–water partition coefficient (Wildman–Crippen LogP) is 2.74. The monoisotopic (exact) mass is 318 g/mol. The third-order valence-corrected chi connectivity index (χ3v) is 4.43. The maximum atomic E-state index is 13.6. The van der Waals surface area contributed by atoms with Crippen molar-refractivity contribution in [3.05, 3.63) is 39.4 Å². The number of amides is 1. The number of halogens is 1. The second-order valence-corrected chi connectivity index (χ2v) is 6.13. The molecule has 0 atom stereocenters. The summed E-state index contributed by atoms with van der Waals surface area (Å²) in [4.78, 5) is 27.2. The quantitative estimate of drug-likeness (QED) is 0.796. The standard InChI is InChI=1S/C17H19FN2O3/c1-9-7-10(18)8-12-14(9)20-17(23)13(15(12)21)16(22)19-11-5-3-2-4-6-11/h7-8,11H,2-6H2,1H3,(H,19,22)(H2,20,21,23). The summed E-state index contributed by atoms with van der Waals surface area (Å²) in [6.45, 7) is 1.63. The molecule has 122 valence electrons. The molecule has 3 N–H and O–H groups in total. The van der Waals surface area contributed by atoms with Gasteiger partial charge in [-0.3, -0.25) is 9.59 Å². The Morgan fingerprint density at radius 2 is 2.00 bits per heavy atom. The van der Waals surface area contributed by atoms with Crippen molar-refractivity contribution in [1.82, 2.24) is 10.3 Å². The van der Waals surface area contributed by atoms with Gasteiger partial charge in [0.1, 0.15) is 17.1 Å². The highest BCUT2D eigenvalue weighted by atomic mass is 19.1. The maximum Gasteiger partial charge on any atom is 0.265 e. The lowest BCUT2D eigenvalue weighted by Crippen LogP contribution is -2.38. The van der Waals surface area contributed by atoms with E-state index in [-0.39, 0.29) is 17.0 Å². The highest BCUT2D eigenvalue weighted by Crippen LogP contribution is 2.28. The highest BCUT2D eigenvalue weighted by Gasteiger charge is 2.23. The molecule has 0 saturated heterocycles. The number of aromatic nitrogens is 1.